The highest BCUT2D eigenvalue weighted by Crippen LogP contribution is 2.29. The van der Waals surface area contributed by atoms with Crippen molar-refractivity contribution >= 4 is 34.4 Å². The van der Waals surface area contributed by atoms with Gasteiger partial charge in [0.1, 0.15) is 0 Å². The third kappa shape index (κ3) is 4.65. The molecule has 0 radical (unpaired) electrons. The van der Waals surface area contributed by atoms with Gasteiger partial charge >= 0.3 is 0 Å². The zero-order valence-electron chi connectivity index (χ0n) is 17.8. The summed E-state index contributed by atoms with van der Waals surface area (Å²) in [5.74, 6) is 0.366. The van der Waals surface area contributed by atoms with Crippen LogP contribution in [0.3, 0.4) is 0 Å². The fourth-order valence-electron chi connectivity index (χ4n) is 3.68. The van der Waals surface area contributed by atoms with E-state index < -0.39 is 0 Å². The lowest BCUT2D eigenvalue weighted by Crippen LogP contribution is -2.43. The summed E-state index contributed by atoms with van der Waals surface area (Å²) in [6.07, 6.45) is 0.872. The van der Waals surface area contributed by atoms with Gasteiger partial charge in [0.15, 0.2) is 5.16 Å². The van der Waals surface area contributed by atoms with E-state index in [1.54, 1.807) is 7.11 Å². The molecule has 0 unspecified atom stereocenters. The van der Waals surface area contributed by atoms with Crippen LogP contribution in [0.5, 0.6) is 0 Å². The number of ether oxygens (including phenoxy) is 1. The Morgan fingerprint density at radius 1 is 1.21 bits per heavy atom. The molecule has 0 aliphatic heterocycles. The number of imidazole rings is 1. The van der Waals surface area contributed by atoms with Crippen LogP contribution >= 0.6 is 11.8 Å². The first kappa shape index (κ1) is 21.4. The molecule has 3 rings (SSSR count). The molecule has 1 N–H and O–H groups in total. The molecular weight excluding hydrogens is 382 g/mol. The van der Waals surface area contributed by atoms with E-state index in [1.807, 2.05) is 43.0 Å². The number of hydrogen-bond acceptors (Lipinski definition) is 4. The van der Waals surface area contributed by atoms with Gasteiger partial charge in [0.2, 0.25) is 5.91 Å². The van der Waals surface area contributed by atoms with Crippen LogP contribution in [0.25, 0.3) is 11.0 Å². The summed E-state index contributed by atoms with van der Waals surface area (Å²) in [6.45, 7) is 8.73. The summed E-state index contributed by atoms with van der Waals surface area (Å²) in [7, 11) is 1.67. The highest BCUT2D eigenvalue weighted by atomic mass is 32.2. The molecule has 2 aromatic carbocycles. The predicted molar refractivity (Wildman–Crippen MR) is 121 cm³/mol. The standard InChI is InChI=1S/C23H29N3O2S/c1-6-18-11-7-10-16(3)22(18)26(17(4)13-28-5)20(27)14-29-23-24-19-12-8-9-15(2)21(19)25-23/h7-12,17H,6,13-14H2,1-5H3,(H,24,25)/t17-/m1/s1. The van der Waals surface area contributed by atoms with Gasteiger partial charge in [-0.2, -0.15) is 0 Å². The van der Waals surface area contributed by atoms with Crippen LogP contribution in [0, 0.1) is 13.8 Å². The van der Waals surface area contributed by atoms with E-state index in [4.69, 9.17) is 4.74 Å². The molecule has 6 heteroatoms. The third-order valence-corrected chi connectivity index (χ3v) is 5.94. The maximum Gasteiger partial charge on any atom is 0.237 e. The number of methoxy groups -OCH3 is 1. The highest BCUT2D eigenvalue weighted by molar-refractivity contribution is 7.99. The average molecular weight is 412 g/mol. The summed E-state index contributed by atoms with van der Waals surface area (Å²) in [6, 6.07) is 12.2. The number of anilines is 1. The lowest BCUT2D eigenvalue weighted by Gasteiger charge is -2.32. The lowest BCUT2D eigenvalue weighted by atomic mass is 10.0. The number of aryl methyl sites for hydroxylation is 3. The Labute approximate surface area is 176 Å². The number of nitrogens with zero attached hydrogens (tertiary/aromatic N) is 2. The minimum atomic E-state index is -0.0579. The number of hydrogen-bond donors (Lipinski definition) is 1. The topological polar surface area (TPSA) is 58.2 Å². The Hall–Kier alpha value is -2.31. The van der Waals surface area contributed by atoms with Crippen molar-refractivity contribution in [1.29, 1.82) is 0 Å². The van der Waals surface area contributed by atoms with Gasteiger partial charge in [-0.25, -0.2) is 4.98 Å². The molecule has 1 heterocycles. The SMILES string of the molecule is CCc1cccc(C)c1N(C(=O)CSc1nc2c(C)cccc2[nH]1)[C@H](C)COC. The zero-order valence-corrected chi connectivity index (χ0v) is 18.6. The molecule has 154 valence electrons. The van der Waals surface area contributed by atoms with Crippen LogP contribution in [0.15, 0.2) is 41.6 Å². The number of thioether (sulfide) groups is 1. The number of H-pyrrole nitrogens is 1. The molecule has 0 saturated heterocycles. The van der Waals surface area contributed by atoms with Gasteiger partial charge < -0.3 is 14.6 Å². The summed E-state index contributed by atoms with van der Waals surface area (Å²) < 4.78 is 5.37. The van der Waals surface area contributed by atoms with Gasteiger partial charge in [-0.1, -0.05) is 49.0 Å². The number of aromatic amines is 1. The minimum Gasteiger partial charge on any atom is -0.383 e. The smallest absolute Gasteiger partial charge is 0.237 e. The van der Waals surface area contributed by atoms with Crippen molar-refractivity contribution in [1.82, 2.24) is 9.97 Å². The first-order valence-corrected chi connectivity index (χ1v) is 10.9. The minimum absolute atomic E-state index is 0.0562. The van der Waals surface area contributed by atoms with E-state index in [2.05, 4.69) is 35.9 Å². The largest absolute Gasteiger partial charge is 0.383 e. The molecule has 1 amide bonds. The van der Waals surface area contributed by atoms with Gasteiger partial charge in [-0.15, -0.1) is 0 Å². The second-order valence-corrected chi connectivity index (χ2v) is 8.27. The first-order valence-electron chi connectivity index (χ1n) is 9.93. The molecule has 0 saturated carbocycles. The molecule has 29 heavy (non-hydrogen) atoms. The Morgan fingerprint density at radius 3 is 2.62 bits per heavy atom. The summed E-state index contributed by atoms with van der Waals surface area (Å²) >= 11 is 1.44. The molecule has 0 aliphatic rings. The summed E-state index contributed by atoms with van der Waals surface area (Å²) in [5.41, 5.74) is 6.36. The Balaban J connectivity index is 1.86. The summed E-state index contributed by atoms with van der Waals surface area (Å²) in [5, 5.41) is 0.766. The molecule has 5 nitrogen and oxygen atoms in total. The quantitative estimate of drug-likeness (QED) is 0.536. The molecule has 0 spiro atoms. The first-order chi connectivity index (χ1) is 14.0. The fourth-order valence-corrected chi connectivity index (χ4v) is 4.41. The van der Waals surface area contributed by atoms with E-state index in [9.17, 15) is 4.79 Å². The highest BCUT2D eigenvalue weighted by Gasteiger charge is 2.25. The number of amides is 1. The van der Waals surface area contributed by atoms with E-state index in [0.29, 0.717) is 12.4 Å². The number of carbonyl (C=O) groups excluding carboxylic acids is 1. The van der Waals surface area contributed by atoms with Crippen molar-refractivity contribution in [2.75, 3.05) is 24.4 Å². The van der Waals surface area contributed by atoms with E-state index >= 15 is 0 Å². The number of carbonyl (C=O) groups is 1. The molecule has 1 aromatic heterocycles. The van der Waals surface area contributed by atoms with Crippen molar-refractivity contribution in [3.63, 3.8) is 0 Å². The maximum absolute atomic E-state index is 13.3. The predicted octanol–water partition coefficient (Wildman–Crippen LogP) is 4.90. The average Bonchev–Trinajstić information content (AvgIpc) is 3.12. The number of nitrogens with one attached hydrogen (secondary N) is 1. The van der Waals surface area contributed by atoms with Crippen molar-refractivity contribution < 1.29 is 9.53 Å². The zero-order chi connectivity index (χ0) is 21.0. The van der Waals surface area contributed by atoms with Crippen molar-refractivity contribution in [2.24, 2.45) is 0 Å². The van der Waals surface area contributed by atoms with E-state index in [-0.39, 0.29) is 11.9 Å². The number of rotatable bonds is 8. The van der Waals surface area contributed by atoms with Gasteiger partial charge in [0.05, 0.1) is 35.1 Å². The van der Waals surface area contributed by atoms with Crippen LogP contribution in [0.1, 0.15) is 30.5 Å². The molecule has 0 aliphatic carbocycles. The third-order valence-electron chi connectivity index (χ3n) is 5.09. The maximum atomic E-state index is 13.3. The van der Waals surface area contributed by atoms with E-state index in [0.717, 1.165) is 39.4 Å². The van der Waals surface area contributed by atoms with Gasteiger partial charge in [-0.05, 0) is 49.9 Å². The van der Waals surface area contributed by atoms with Crippen LogP contribution in [-0.2, 0) is 16.0 Å². The van der Waals surface area contributed by atoms with Crippen LogP contribution in [0.2, 0.25) is 0 Å². The van der Waals surface area contributed by atoms with Gasteiger partial charge in [0, 0.05) is 7.11 Å². The Morgan fingerprint density at radius 2 is 1.93 bits per heavy atom. The molecule has 0 fully saturated rings. The van der Waals surface area contributed by atoms with Crippen LogP contribution < -0.4 is 4.90 Å². The molecular formula is C23H29N3O2S. The number of fused-ring (bicyclic) bond motifs is 1. The van der Waals surface area contributed by atoms with E-state index in [1.165, 1.54) is 17.3 Å². The van der Waals surface area contributed by atoms with Crippen molar-refractivity contribution in [3.8, 4) is 0 Å². The van der Waals surface area contributed by atoms with Crippen LogP contribution in [-0.4, -0.2) is 41.4 Å². The van der Waals surface area contributed by atoms with Gasteiger partial charge in [0.25, 0.3) is 0 Å². The second kappa shape index (κ2) is 9.46. The number of para-hydroxylation sites is 2. The number of benzene rings is 2. The van der Waals surface area contributed by atoms with Crippen molar-refractivity contribution in [3.05, 3.63) is 53.1 Å². The second-order valence-electron chi connectivity index (χ2n) is 7.31. The Bertz CT molecular complexity index is 999. The monoisotopic (exact) mass is 411 g/mol. The molecule has 1 atom stereocenters. The van der Waals surface area contributed by atoms with Gasteiger partial charge in [-0.3, -0.25) is 4.79 Å². The normalized spacial score (nSPS) is 12.3. The summed E-state index contributed by atoms with van der Waals surface area (Å²) in [4.78, 5) is 23.2. The molecule has 3 aromatic rings. The number of aromatic nitrogens is 2. The van der Waals surface area contributed by atoms with Crippen molar-refractivity contribution in [2.45, 2.75) is 45.3 Å². The molecule has 0 bridgehead atoms. The fraction of sp³-hybridized carbons (Fsp3) is 0.391. The Kier molecular flexibility index (Phi) is 6.98. The van der Waals surface area contributed by atoms with Crippen LogP contribution in [0.4, 0.5) is 5.69 Å². The lowest BCUT2D eigenvalue weighted by molar-refractivity contribution is -0.116.